The molecule has 4 rings (SSSR count). The predicted molar refractivity (Wildman–Crippen MR) is 79.8 cm³/mol. The first kappa shape index (κ1) is 12.9. The molecule has 6 atom stereocenters. The van der Waals surface area contributed by atoms with Crippen LogP contribution in [0.2, 0.25) is 0 Å². The van der Waals surface area contributed by atoms with E-state index in [4.69, 9.17) is 5.73 Å². The van der Waals surface area contributed by atoms with Crippen LogP contribution in [0, 0.1) is 35.0 Å². The van der Waals surface area contributed by atoms with Crippen molar-refractivity contribution in [1.82, 2.24) is 0 Å². The highest BCUT2D eigenvalue weighted by Crippen LogP contribution is 2.62. The van der Waals surface area contributed by atoms with E-state index in [2.05, 4.69) is 12.2 Å². The number of primary amides is 1. The van der Waals surface area contributed by atoms with Crippen LogP contribution in [-0.4, -0.2) is 5.91 Å². The van der Waals surface area contributed by atoms with Gasteiger partial charge in [0.1, 0.15) is 0 Å². The summed E-state index contributed by atoms with van der Waals surface area (Å²) >= 11 is 0. The summed E-state index contributed by atoms with van der Waals surface area (Å²) < 4.78 is 0. The van der Waals surface area contributed by atoms with Crippen molar-refractivity contribution in [2.45, 2.75) is 57.8 Å². The maximum absolute atomic E-state index is 12.4. The van der Waals surface area contributed by atoms with E-state index in [0.29, 0.717) is 11.8 Å². The van der Waals surface area contributed by atoms with Gasteiger partial charge in [0, 0.05) is 0 Å². The Labute approximate surface area is 122 Å². The van der Waals surface area contributed by atoms with Crippen LogP contribution >= 0.6 is 0 Å². The van der Waals surface area contributed by atoms with E-state index >= 15 is 0 Å². The van der Waals surface area contributed by atoms with Crippen LogP contribution < -0.4 is 5.73 Å². The zero-order valence-corrected chi connectivity index (χ0v) is 12.4. The third kappa shape index (κ3) is 1.60. The average molecular weight is 273 g/mol. The van der Waals surface area contributed by atoms with Gasteiger partial charge in [-0.05, 0) is 68.1 Å². The van der Waals surface area contributed by atoms with E-state index in [-0.39, 0.29) is 11.3 Å². The fraction of sp³-hybridized carbons (Fsp3) is 0.833. The Morgan fingerprint density at radius 2 is 1.85 bits per heavy atom. The number of hydrogen-bond donors (Lipinski definition) is 1. The summed E-state index contributed by atoms with van der Waals surface area (Å²) in [6.45, 7) is 0. The van der Waals surface area contributed by atoms with Gasteiger partial charge in [-0.15, -0.1) is 0 Å². The van der Waals surface area contributed by atoms with E-state index in [1.54, 1.807) is 0 Å². The Kier molecular flexibility index (Phi) is 2.98. The van der Waals surface area contributed by atoms with Gasteiger partial charge in [0.25, 0.3) is 0 Å². The lowest BCUT2D eigenvalue weighted by atomic mass is 9.48. The van der Waals surface area contributed by atoms with Crippen LogP contribution in [0.25, 0.3) is 0 Å². The van der Waals surface area contributed by atoms with Gasteiger partial charge in [-0.25, -0.2) is 0 Å². The third-order valence-corrected chi connectivity index (χ3v) is 7.30. The summed E-state index contributed by atoms with van der Waals surface area (Å²) in [5.41, 5.74) is 5.74. The smallest absolute Gasteiger partial charge is 0.224 e. The van der Waals surface area contributed by atoms with E-state index in [1.165, 1.54) is 51.4 Å². The molecule has 2 nitrogen and oxygen atoms in total. The molecule has 2 heteroatoms. The molecule has 0 spiro atoms. The standard InChI is InChI=1S/C18H27NO/c19-17(20)18-11-3-5-13(18)8-9-15-14-6-2-1-4-12(14)7-10-16(15)18/h3,5,12-16H,1-2,4,6-11H2,(H2,19,20). The van der Waals surface area contributed by atoms with Crippen LogP contribution in [0.15, 0.2) is 12.2 Å². The fourth-order valence-electron chi connectivity index (χ4n) is 6.49. The summed E-state index contributed by atoms with van der Waals surface area (Å²) in [5, 5.41) is 0. The highest BCUT2D eigenvalue weighted by atomic mass is 16.1. The minimum Gasteiger partial charge on any atom is -0.369 e. The van der Waals surface area contributed by atoms with Gasteiger partial charge in [-0.1, -0.05) is 31.4 Å². The van der Waals surface area contributed by atoms with Crippen LogP contribution in [0.3, 0.4) is 0 Å². The third-order valence-electron chi connectivity index (χ3n) is 7.30. The topological polar surface area (TPSA) is 43.1 Å². The van der Waals surface area contributed by atoms with E-state index in [9.17, 15) is 4.79 Å². The van der Waals surface area contributed by atoms with Gasteiger partial charge >= 0.3 is 0 Å². The van der Waals surface area contributed by atoms with Crippen LogP contribution in [0.1, 0.15) is 57.8 Å². The zero-order chi connectivity index (χ0) is 13.7. The van der Waals surface area contributed by atoms with Crippen molar-refractivity contribution in [3.8, 4) is 0 Å². The lowest BCUT2D eigenvalue weighted by Crippen LogP contribution is -2.55. The minimum atomic E-state index is -0.203. The van der Waals surface area contributed by atoms with Gasteiger partial charge in [0.15, 0.2) is 0 Å². The molecule has 4 aliphatic rings. The predicted octanol–water partition coefficient (Wildman–Crippen LogP) is 3.66. The van der Waals surface area contributed by atoms with Crippen molar-refractivity contribution >= 4 is 5.91 Å². The Balaban J connectivity index is 1.68. The monoisotopic (exact) mass is 273 g/mol. The normalized spacial score (nSPS) is 50.1. The van der Waals surface area contributed by atoms with Crippen LogP contribution in [0.5, 0.6) is 0 Å². The number of fused-ring (bicyclic) bond motifs is 5. The first-order chi connectivity index (χ1) is 9.73. The van der Waals surface area contributed by atoms with Gasteiger partial charge in [0.05, 0.1) is 5.41 Å². The molecule has 0 aromatic carbocycles. The highest BCUT2D eigenvalue weighted by molar-refractivity contribution is 5.83. The first-order valence-electron chi connectivity index (χ1n) is 8.70. The molecule has 0 bridgehead atoms. The summed E-state index contributed by atoms with van der Waals surface area (Å²) in [6, 6.07) is 0. The van der Waals surface area contributed by atoms with Gasteiger partial charge < -0.3 is 5.73 Å². The molecule has 6 unspecified atom stereocenters. The quantitative estimate of drug-likeness (QED) is 0.728. The molecule has 4 aliphatic carbocycles. The van der Waals surface area contributed by atoms with Crippen molar-refractivity contribution in [3.05, 3.63) is 12.2 Å². The van der Waals surface area contributed by atoms with E-state index in [0.717, 1.165) is 24.2 Å². The molecule has 3 saturated carbocycles. The molecule has 0 aromatic rings. The Morgan fingerprint density at radius 1 is 1.00 bits per heavy atom. The molecular weight excluding hydrogens is 246 g/mol. The summed E-state index contributed by atoms with van der Waals surface area (Å²) in [5.74, 6) is 3.67. The number of carbonyl (C=O) groups excluding carboxylic acids is 1. The number of hydrogen-bond acceptors (Lipinski definition) is 1. The molecule has 0 radical (unpaired) electrons. The fourth-order valence-corrected chi connectivity index (χ4v) is 6.49. The molecule has 0 heterocycles. The number of amides is 1. The lowest BCUT2D eigenvalue weighted by molar-refractivity contribution is -0.144. The number of carbonyl (C=O) groups is 1. The highest BCUT2D eigenvalue weighted by Gasteiger charge is 2.58. The van der Waals surface area contributed by atoms with Crippen molar-refractivity contribution in [1.29, 1.82) is 0 Å². The molecule has 0 aliphatic heterocycles. The Bertz CT molecular complexity index is 443. The van der Waals surface area contributed by atoms with Crippen LogP contribution in [-0.2, 0) is 4.79 Å². The molecule has 20 heavy (non-hydrogen) atoms. The molecule has 3 fully saturated rings. The summed E-state index contributed by atoms with van der Waals surface area (Å²) in [4.78, 5) is 12.4. The van der Waals surface area contributed by atoms with Crippen molar-refractivity contribution in [3.63, 3.8) is 0 Å². The molecule has 0 aromatic heterocycles. The molecule has 2 N–H and O–H groups in total. The summed E-state index contributed by atoms with van der Waals surface area (Å²) in [7, 11) is 0. The average Bonchev–Trinajstić information content (AvgIpc) is 2.92. The molecule has 110 valence electrons. The molecule has 0 saturated heterocycles. The van der Waals surface area contributed by atoms with Crippen molar-refractivity contribution in [2.24, 2.45) is 40.7 Å². The van der Waals surface area contributed by atoms with Crippen molar-refractivity contribution < 1.29 is 4.79 Å². The van der Waals surface area contributed by atoms with Gasteiger partial charge in [-0.3, -0.25) is 4.79 Å². The van der Waals surface area contributed by atoms with Gasteiger partial charge in [0.2, 0.25) is 5.91 Å². The number of nitrogens with two attached hydrogens (primary N) is 1. The zero-order valence-electron chi connectivity index (χ0n) is 12.4. The van der Waals surface area contributed by atoms with E-state index < -0.39 is 0 Å². The molecular formula is C18H27NO. The van der Waals surface area contributed by atoms with Crippen LogP contribution in [0.4, 0.5) is 0 Å². The number of rotatable bonds is 1. The Morgan fingerprint density at radius 3 is 2.70 bits per heavy atom. The second kappa shape index (κ2) is 4.61. The lowest BCUT2D eigenvalue weighted by Gasteiger charge is -2.56. The van der Waals surface area contributed by atoms with Crippen molar-refractivity contribution in [2.75, 3.05) is 0 Å². The second-order valence-electron chi connectivity index (χ2n) is 7.78. The summed E-state index contributed by atoms with van der Waals surface area (Å²) in [6.07, 6.45) is 16.3. The first-order valence-corrected chi connectivity index (χ1v) is 8.70. The maximum Gasteiger partial charge on any atom is 0.224 e. The second-order valence-corrected chi connectivity index (χ2v) is 7.78. The maximum atomic E-state index is 12.4. The molecule has 1 amide bonds. The Hall–Kier alpha value is -0.790. The van der Waals surface area contributed by atoms with Gasteiger partial charge in [-0.2, -0.15) is 0 Å². The van der Waals surface area contributed by atoms with E-state index in [1.807, 2.05) is 0 Å². The largest absolute Gasteiger partial charge is 0.369 e. The number of allylic oxidation sites excluding steroid dienone is 2. The SMILES string of the molecule is NC(=O)C12CC=CC1CCC1C3CCCCC3CCC12. The minimum absolute atomic E-state index is 0.00328.